The van der Waals surface area contributed by atoms with E-state index in [1.165, 1.54) is 36.7 Å². The van der Waals surface area contributed by atoms with Gasteiger partial charge in [0, 0.05) is 16.5 Å². The normalized spacial score (nSPS) is 10.7. The number of fused-ring (bicyclic) bond motifs is 1. The van der Waals surface area contributed by atoms with E-state index >= 15 is 0 Å². The monoisotopic (exact) mass is 421 g/mol. The molecule has 1 N–H and O–H groups in total. The predicted molar refractivity (Wildman–Crippen MR) is 113 cm³/mol. The van der Waals surface area contributed by atoms with E-state index in [-0.39, 0.29) is 24.1 Å². The lowest BCUT2D eigenvalue weighted by atomic mass is 10.1. The average molecular weight is 421 g/mol. The summed E-state index contributed by atoms with van der Waals surface area (Å²) in [5, 5.41) is 5.24. The Morgan fingerprint density at radius 1 is 1.10 bits per heavy atom. The second kappa shape index (κ2) is 8.38. The number of amides is 1. The molecule has 1 amide bonds. The van der Waals surface area contributed by atoms with E-state index in [1.807, 2.05) is 5.38 Å². The second-order valence-corrected chi connectivity index (χ2v) is 7.31. The zero-order valence-corrected chi connectivity index (χ0v) is 16.7. The van der Waals surface area contributed by atoms with Crippen LogP contribution in [0.15, 0.2) is 60.2 Å². The molecule has 0 radical (unpaired) electrons. The van der Waals surface area contributed by atoms with E-state index < -0.39 is 5.91 Å². The third kappa shape index (κ3) is 4.04. The van der Waals surface area contributed by atoms with E-state index in [4.69, 9.17) is 4.74 Å². The highest BCUT2D eigenvalue weighted by molar-refractivity contribution is 7.17. The first-order valence-electron chi connectivity index (χ1n) is 9.03. The Labute approximate surface area is 175 Å². The highest BCUT2D eigenvalue weighted by Gasteiger charge is 2.16. The van der Waals surface area contributed by atoms with E-state index in [0.717, 1.165) is 11.1 Å². The molecular formula is C22H16FN3O3S. The van der Waals surface area contributed by atoms with Crippen LogP contribution < -0.4 is 10.1 Å². The van der Waals surface area contributed by atoms with Gasteiger partial charge in [-0.15, -0.1) is 11.3 Å². The van der Waals surface area contributed by atoms with Crippen molar-refractivity contribution in [2.24, 2.45) is 0 Å². The number of anilines is 1. The number of benzene rings is 2. The SMILES string of the molecule is CC(=O)c1ccccc1NC(=O)COc1ncnc2scc(-c3ccc(F)cc3)c12. The maximum atomic E-state index is 13.3. The fraction of sp³-hybridized carbons (Fsp3) is 0.0909. The number of hydrogen-bond acceptors (Lipinski definition) is 6. The van der Waals surface area contributed by atoms with Gasteiger partial charge in [-0.05, 0) is 36.8 Å². The Morgan fingerprint density at radius 2 is 1.87 bits per heavy atom. The van der Waals surface area contributed by atoms with Crippen LogP contribution in [-0.2, 0) is 4.79 Å². The summed E-state index contributed by atoms with van der Waals surface area (Å²) >= 11 is 1.41. The average Bonchev–Trinajstić information content (AvgIpc) is 3.18. The van der Waals surface area contributed by atoms with Crippen LogP contribution in [0.1, 0.15) is 17.3 Å². The lowest BCUT2D eigenvalue weighted by Crippen LogP contribution is -2.21. The van der Waals surface area contributed by atoms with Crippen molar-refractivity contribution in [3.05, 3.63) is 71.6 Å². The number of halogens is 1. The number of nitrogens with zero attached hydrogens (tertiary/aromatic N) is 2. The minimum Gasteiger partial charge on any atom is -0.467 e. The predicted octanol–water partition coefficient (Wildman–Crippen LogP) is 4.72. The highest BCUT2D eigenvalue weighted by atomic mass is 32.1. The summed E-state index contributed by atoms with van der Waals surface area (Å²) in [5.74, 6) is -0.635. The molecule has 0 aliphatic heterocycles. The highest BCUT2D eigenvalue weighted by Crippen LogP contribution is 2.37. The van der Waals surface area contributed by atoms with Gasteiger partial charge in [0.2, 0.25) is 5.88 Å². The van der Waals surface area contributed by atoms with Crippen LogP contribution in [-0.4, -0.2) is 28.3 Å². The number of aromatic nitrogens is 2. The molecule has 2 aromatic heterocycles. The minimum absolute atomic E-state index is 0.147. The quantitative estimate of drug-likeness (QED) is 0.456. The number of ketones is 1. The fourth-order valence-corrected chi connectivity index (χ4v) is 3.92. The number of ether oxygens (including phenoxy) is 1. The lowest BCUT2D eigenvalue weighted by molar-refractivity contribution is -0.118. The fourth-order valence-electron chi connectivity index (χ4n) is 3.02. The number of nitrogens with one attached hydrogen (secondary N) is 1. The Balaban J connectivity index is 1.56. The van der Waals surface area contributed by atoms with Gasteiger partial charge in [-0.25, -0.2) is 14.4 Å². The summed E-state index contributed by atoms with van der Waals surface area (Å²) in [6, 6.07) is 12.9. The topological polar surface area (TPSA) is 81.2 Å². The number of thiophene rings is 1. The lowest BCUT2D eigenvalue weighted by Gasteiger charge is -2.10. The smallest absolute Gasteiger partial charge is 0.262 e. The Morgan fingerprint density at radius 3 is 2.63 bits per heavy atom. The first-order valence-corrected chi connectivity index (χ1v) is 9.91. The van der Waals surface area contributed by atoms with E-state index in [1.54, 1.807) is 36.4 Å². The molecule has 0 fully saturated rings. The number of rotatable bonds is 6. The van der Waals surface area contributed by atoms with Crippen molar-refractivity contribution in [1.82, 2.24) is 9.97 Å². The zero-order chi connectivity index (χ0) is 21.1. The van der Waals surface area contributed by atoms with Crippen LogP contribution >= 0.6 is 11.3 Å². The number of Topliss-reactive ketones (excluding diaryl/α,β-unsaturated/α-hetero) is 1. The van der Waals surface area contributed by atoms with Gasteiger partial charge in [-0.3, -0.25) is 9.59 Å². The van der Waals surface area contributed by atoms with Crippen LogP contribution in [0.4, 0.5) is 10.1 Å². The largest absolute Gasteiger partial charge is 0.467 e. The maximum Gasteiger partial charge on any atom is 0.262 e. The van der Waals surface area contributed by atoms with Crippen molar-refractivity contribution < 1.29 is 18.7 Å². The summed E-state index contributed by atoms with van der Waals surface area (Å²) in [7, 11) is 0. The summed E-state index contributed by atoms with van der Waals surface area (Å²) in [6.45, 7) is 1.14. The molecule has 8 heteroatoms. The molecule has 150 valence electrons. The molecule has 0 spiro atoms. The van der Waals surface area contributed by atoms with Crippen LogP contribution in [0.3, 0.4) is 0 Å². The number of carbonyl (C=O) groups excluding carboxylic acids is 2. The van der Waals surface area contributed by atoms with E-state index in [0.29, 0.717) is 21.5 Å². The van der Waals surface area contributed by atoms with Crippen LogP contribution in [0.2, 0.25) is 0 Å². The summed E-state index contributed by atoms with van der Waals surface area (Å²) < 4.78 is 19.0. The van der Waals surface area contributed by atoms with Crippen molar-refractivity contribution in [1.29, 1.82) is 0 Å². The molecule has 0 bridgehead atoms. The molecule has 0 aliphatic rings. The number of hydrogen-bond donors (Lipinski definition) is 1. The van der Waals surface area contributed by atoms with Crippen molar-refractivity contribution in [3.63, 3.8) is 0 Å². The molecule has 4 aromatic rings. The van der Waals surface area contributed by atoms with Gasteiger partial charge in [0.25, 0.3) is 5.91 Å². The first kappa shape index (κ1) is 19.7. The third-order valence-electron chi connectivity index (χ3n) is 4.41. The third-order valence-corrected chi connectivity index (χ3v) is 5.30. The maximum absolute atomic E-state index is 13.3. The molecule has 6 nitrogen and oxygen atoms in total. The Bertz CT molecular complexity index is 1240. The molecule has 2 heterocycles. The molecule has 0 saturated carbocycles. The summed E-state index contributed by atoms with van der Waals surface area (Å²) in [4.78, 5) is 33.2. The van der Waals surface area contributed by atoms with Crippen LogP contribution in [0.25, 0.3) is 21.3 Å². The molecule has 0 atom stereocenters. The molecule has 30 heavy (non-hydrogen) atoms. The van der Waals surface area contributed by atoms with Crippen LogP contribution in [0.5, 0.6) is 5.88 Å². The van der Waals surface area contributed by atoms with Gasteiger partial charge in [-0.2, -0.15) is 0 Å². The zero-order valence-electron chi connectivity index (χ0n) is 15.9. The molecule has 0 aliphatic carbocycles. The van der Waals surface area contributed by atoms with Gasteiger partial charge in [0.15, 0.2) is 12.4 Å². The second-order valence-electron chi connectivity index (χ2n) is 6.45. The molecule has 0 saturated heterocycles. The number of carbonyl (C=O) groups is 2. The van der Waals surface area contributed by atoms with E-state index in [2.05, 4.69) is 15.3 Å². The Hall–Kier alpha value is -3.65. The standard InChI is InChI=1S/C22H16FN3O3S/c1-13(27)16-4-2-3-5-18(16)26-19(28)10-29-21-20-17(11-30-22(20)25-12-24-21)14-6-8-15(23)9-7-14/h2-9,11-12H,10H2,1H3,(H,26,28). The Kier molecular flexibility index (Phi) is 5.49. The first-order chi connectivity index (χ1) is 14.5. The molecule has 4 rings (SSSR count). The van der Waals surface area contributed by atoms with Gasteiger partial charge in [-0.1, -0.05) is 24.3 Å². The number of para-hydroxylation sites is 1. The molecular weight excluding hydrogens is 405 g/mol. The van der Waals surface area contributed by atoms with Gasteiger partial charge in [0.1, 0.15) is 17.0 Å². The van der Waals surface area contributed by atoms with Crippen molar-refractivity contribution in [3.8, 4) is 17.0 Å². The van der Waals surface area contributed by atoms with Crippen molar-refractivity contribution in [2.45, 2.75) is 6.92 Å². The van der Waals surface area contributed by atoms with Gasteiger partial charge < -0.3 is 10.1 Å². The van der Waals surface area contributed by atoms with Crippen molar-refractivity contribution in [2.75, 3.05) is 11.9 Å². The molecule has 0 unspecified atom stereocenters. The van der Waals surface area contributed by atoms with E-state index in [9.17, 15) is 14.0 Å². The summed E-state index contributed by atoms with van der Waals surface area (Å²) in [6.07, 6.45) is 1.37. The minimum atomic E-state index is -0.422. The van der Waals surface area contributed by atoms with Crippen LogP contribution in [0, 0.1) is 5.82 Å². The summed E-state index contributed by atoms with van der Waals surface area (Å²) in [5.41, 5.74) is 2.44. The molecule has 2 aromatic carbocycles. The van der Waals surface area contributed by atoms with Crippen molar-refractivity contribution >= 4 is 38.9 Å². The van der Waals surface area contributed by atoms with Gasteiger partial charge >= 0.3 is 0 Å². The van der Waals surface area contributed by atoms with Gasteiger partial charge in [0.05, 0.1) is 11.1 Å².